The SMILES string of the molecule is C=CCc1c([Si](C)C)cc(CO)c2ccccc12. The van der Waals surface area contributed by atoms with Crippen molar-refractivity contribution in [1.82, 2.24) is 0 Å². The zero-order valence-electron chi connectivity index (χ0n) is 11.0. The fraction of sp³-hybridized carbons (Fsp3) is 0.250. The summed E-state index contributed by atoms with van der Waals surface area (Å²) in [6, 6.07) is 10.5. The molecular formula is C16H19OSi. The number of fused-ring (bicyclic) bond motifs is 1. The average Bonchev–Trinajstić information content (AvgIpc) is 2.39. The molecule has 0 unspecified atom stereocenters. The Morgan fingerprint density at radius 3 is 2.44 bits per heavy atom. The molecule has 18 heavy (non-hydrogen) atoms. The Hall–Kier alpha value is -1.38. The Balaban J connectivity index is 2.82. The van der Waals surface area contributed by atoms with E-state index in [4.69, 9.17) is 0 Å². The minimum Gasteiger partial charge on any atom is -0.392 e. The number of hydrogen-bond donors (Lipinski definition) is 1. The van der Waals surface area contributed by atoms with Gasteiger partial charge in [0.15, 0.2) is 0 Å². The molecule has 1 nitrogen and oxygen atoms in total. The molecule has 0 atom stereocenters. The summed E-state index contributed by atoms with van der Waals surface area (Å²) < 4.78 is 0. The van der Waals surface area contributed by atoms with Gasteiger partial charge >= 0.3 is 0 Å². The molecule has 2 aromatic rings. The summed E-state index contributed by atoms with van der Waals surface area (Å²) in [6.07, 6.45) is 2.87. The zero-order valence-corrected chi connectivity index (χ0v) is 12.0. The lowest BCUT2D eigenvalue weighted by molar-refractivity contribution is 0.283. The maximum atomic E-state index is 9.55. The predicted octanol–water partition coefficient (Wildman–Crippen LogP) is 3.02. The molecule has 0 saturated heterocycles. The Labute approximate surface area is 110 Å². The third kappa shape index (κ3) is 2.26. The smallest absolute Gasteiger partial charge is 0.0795 e. The van der Waals surface area contributed by atoms with Crippen molar-refractivity contribution in [3.63, 3.8) is 0 Å². The summed E-state index contributed by atoms with van der Waals surface area (Å²) in [4.78, 5) is 0. The van der Waals surface area contributed by atoms with Gasteiger partial charge in [0.25, 0.3) is 0 Å². The second-order valence-corrected chi connectivity index (χ2v) is 7.30. The number of benzene rings is 2. The van der Waals surface area contributed by atoms with Gasteiger partial charge in [-0.25, -0.2) is 0 Å². The van der Waals surface area contributed by atoms with Crippen molar-refractivity contribution in [3.8, 4) is 0 Å². The van der Waals surface area contributed by atoms with Gasteiger partial charge in [-0.15, -0.1) is 6.58 Å². The van der Waals surface area contributed by atoms with Gasteiger partial charge < -0.3 is 5.11 Å². The van der Waals surface area contributed by atoms with Gasteiger partial charge in [0, 0.05) is 0 Å². The van der Waals surface area contributed by atoms with Crippen LogP contribution in [0.25, 0.3) is 10.8 Å². The highest BCUT2D eigenvalue weighted by atomic mass is 28.3. The molecule has 0 heterocycles. The zero-order chi connectivity index (χ0) is 13.1. The fourth-order valence-electron chi connectivity index (χ4n) is 2.45. The molecule has 0 aromatic heterocycles. The van der Waals surface area contributed by atoms with E-state index >= 15 is 0 Å². The van der Waals surface area contributed by atoms with Gasteiger partial charge in [-0.3, -0.25) is 0 Å². The lowest BCUT2D eigenvalue weighted by Crippen LogP contribution is -2.27. The molecule has 93 valence electrons. The number of aliphatic hydroxyl groups is 1. The van der Waals surface area contributed by atoms with Crippen molar-refractivity contribution in [2.45, 2.75) is 26.1 Å². The van der Waals surface area contributed by atoms with Crippen molar-refractivity contribution >= 4 is 24.8 Å². The maximum absolute atomic E-state index is 9.55. The second kappa shape index (κ2) is 5.51. The summed E-state index contributed by atoms with van der Waals surface area (Å²) in [5, 5.41) is 13.4. The molecule has 0 aliphatic rings. The van der Waals surface area contributed by atoms with Gasteiger partial charge in [0.05, 0.1) is 15.4 Å². The van der Waals surface area contributed by atoms with E-state index in [2.05, 4.69) is 43.9 Å². The number of aliphatic hydroxyl groups excluding tert-OH is 1. The van der Waals surface area contributed by atoms with Crippen molar-refractivity contribution in [3.05, 3.63) is 54.1 Å². The highest BCUT2D eigenvalue weighted by molar-refractivity contribution is 6.71. The Kier molecular flexibility index (Phi) is 3.99. The Morgan fingerprint density at radius 1 is 1.22 bits per heavy atom. The third-order valence-electron chi connectivity index (χ3n) is 3.30. The van der Waals surface area contributed by atoms with Gasteiger partial charge in [-0.2, -0.15) is 0 Å². The van der Waals surface area contributed by atoms with E-state index in [0.29, 0.717) is 0 Å². The first kappa shape index (κ1) is 13.1. The highest BCUT2D eigenvalue weighted by Crippen LogP contribution is 2.23. The van der Waals surface area contributed by atoms with Crippen LogP contribution in [0.15, 0.2) is 43.0 Å². The Bertz CT molecular complexity index is 573. The van der Waals surface area contributed by atoms with Crippen LogP contribution >= 0.6 is 0 Å². The van der Waals surface area contributed by atoms with Gasteiger partial charge in [0.1, 0.15) is 0 Å². The van der Waals surface area contributed by atoms with Gasteiger partial charge in [0.2, 0.25) is 0 Å². The lowest BCUT2D eigenvalue weighted by Gasteiger charge is -2.17. The molecule has 0 amide bonds. The first-order valence-corrected chi connectivity index (χ1v) is 8.74. The predicted molar refractivity (Wildman–Crippen MR) is 80.9 cm³/mol. The van der Waals surface area contributed by atoms with E-state index < -0.39 is 8.80 Å². The summed E-state index contributed by atoms with van der Waals surface area (Å²) in [6.45, 7) is 8.56. The van der Waals surface area contributed by atoms with Crippen LogP contribution in [-0.2, 0) is 13.0 Å². The Morgan fingerprint density at radius 2 is 1.89 bits per heavy atom. The molecule has 0 fully saturated rings. The molecule has 1 N–H and O–H groups in total. The van der Waals surface area contributed by atoms with E-state index in [9.17, 15) is 5.11 Å². The number of hydrogen-bond acceptors (Lipinski definition) is 1. The van der Waals surface area contributed by atoms with Crippen LogP contribution in [0.1, 0.15) is 11.1 Å². The van der Waals surface area contributed by atoms with Crippen LogP contribution in [0.3, 0.4) is 0 Å². The molecule has 2 heteroatoms. The molecule has 1 radical (unpaired) electrons. The molecule has 0 aliphatic carbocycles. The molecule has 2 aromatic carbocycles. The molecular weight excluding hydrogens is 236 g/mol. The maximum Gasteiger partial charge on any atom is 0.0795 e. The second-order valence-electron chi connectivity index (χ2n) is 4.76. The molecule has 0 aliphatic heterocycles. The fourth-order valence-corrected chi connectivity index (χ4v) is 3.75. The normalized spacial score (nSPS) is 11.1. The van der Waals surface area contributed by atoms with Gasteiger partial charge in [-0.05, 0) is 28.3 Å². The van der Waals surface area contributed by atoms with E-state index in [1.165, 1.54) is 21.5 Å². The third-order valence-corrected chi connectivity index (χ3v) is 4.82. The quantitative estimate of drug-likeness (QED) is 0.658. The van der Waals surface area contributed by atoms with E-state index in [1.807, 2.05) is 12.1 Å². The summed E-state index contributed by atoms with van der Waals surface area (Å²) >= 11 is 0. The minimum absolute atomic E-state index is 0.108. The van der Waals surface area contributed by atoms with Crippen LogP contribution in [0, 0.1) is 0 Å². The average molecular weight is 255 g/mol. The standard InChI is InChI=1S/C16H19OSi/c1-4-7-15-14-9-6-5-8-13(14)12(11-17)10-16(15)18(2)3/h4-6,8-10,17H,1,7,11H2,2-3H3. The number of rotatable bonds is 4. The van der Waals surface area contributed by atoms with Crippen LogP contribution < -0.4 is 5.19 Å². The van der Waals surface area contributed by atoms with Gasteiger partial charge in [-0.1, -0.05) is 54.7 Å². The van der Waals surface area contributed by atoms with Crippen LogP contribution in [-0.4, -0.2) is 13.9 Å². The van der Waals surface area contributed by atoms with Crippen molar-refractivity contribution in [1.29, 1.82) is 0 Å². The summed E-state index contributed by atoms with van der Waals surface area (Å²) in [7, 11) is -0.545. The summed E-state index contributed by atoms with van der Waals surface area (Å²) in [5.41, 5.74) is 2.43. The monoisotopic (exact) mass is 255 g/mol. The topological polar surface area (TPSA) is 20.2 Å². The van der Waals surface area contributed by atoms with Crippen molar-refractivity contribution < 1.29 is 5.11 Å². The van der Waals surface area contributed by atoms with E-state index in [-0.39, 0.29) is 6.61 Å². The van der Waals surface area contributed by atoms with Crippen LogP contribution in [0.4, 0.5) is 0 Å². The largest absolute Gasteiger partial charge is 0.392 e. The molecule has 2 rings (SSSR count). The van der Waals surface area contributed by atoms with E-state index in [0.717, 1.165) is 12.0 Å². The van der Waals surface area contributed by atoms with E-state index in [1.54, 1.807) is 0 Å². The van der Waals surface area contributed by atoms with Crippen LogP contribution in [0.2, 0.25) is 13.1 Å². The van der Waals surface area contributed by atoms with Crippen molar-refractivity contribution in [2.75, 3.05) is 0 Å². The first-order chi connectivity index (χ1) is 8.69. The highest BCUT2D eigenvalue weighted by Gasteiger charge is 2.13. The minimum atomic E-state index is -0.545. The molecule has 0 bridgehead atoms. The first-order valence-electron chi connectivity index (χ1n) is 6.24. The molecule has 0 spiro atoms. The number of allylic oxidation sites excluding steroid dienone is 1. The van der Waals surface area contributed by atoms with Crippen LogP contribution in [0.5, 0.6) is 0 Å². The summed E-state index contributed by atoms with van der Waals surface area (Å²) in [5.74, 6) is 0. The van der Waals surface area contributed by atoms with Crippen molar-refractivity contribution in [2.24, 2.45) is 0 Å². The lowest BCUT2D eigenvalue weighted by atomic mass is 9.98. The molecule has 0 saturated carbocycles.